The zero-order chi connectivity index (χ0) is 15.4. The van der Waals surface area contributed by atoms with Gasteiger partial charge >= 0.3 is 5.97 Å². The van der Waals surface area contributed by atoms with Crippen LogP contribution in [-0.2, 0) is 18.7 Å². The molecule has 20 heavy (non-hydrogen) atoms. The van der Waals surface area contributed by atoms with Crippen LogP contribution in [0.2, 0.25) is 18.1 Å². The molecule has 0 unspecified atom stereocenters. The second kappa shape index (κ2) is 7.05. The number of methoxy groups -OCH3 is 1. The number of carbonyl (C=O) groups is 1. The van der Waals surface area contributed by atoms with Crippen molar-refractivity contribution in [3.63, 3.8) is 0 Å². The van der Waals surface area contributed by atoms with E-state index in [-0.39, 0.29) is 23.2 Å². The van der Waals surface area contributed by atoms with Crippen LogP contribution in [0.4, 0.5) is 0 Å². The van der Waals surface area contributed by atoms with Gasteiger partial charge in [-0.1, -0.05) is 20.8 Å². The lowest BCUT2D eigenvalue weighted by Gasteiger charge is -2.38. The Labute approximate surface area is 124 Å². The van der Waals surface area contributed by atoms with E-state index in [1.165, 1.54) is 7.11 Å². The molecule has 118 valence electrons. The first-order valence-electron chi connectivity index (χ1n) is 7.52. The summed E-state index contributed by atoms with van der Waals surface area (Å²) >= 11 is 0. The average molecular weight is 302 g/mol. The van der Waals surface area contributed by atoms with E-state index in [2.05, 4.69) is 33.9 Å². The van der Waals surface area contributed by atoms with Gasteiger partial charge in [-0.3, -0.25) is 4.79 Å². The van der Waals surface area contributed by atoms with Gasteiger partial charge in [0.1, 0.15) is 0 Å². The molecule has 0 aromatic rings. The third-order valence-corrected chi connectivity index (χ3v) is 9.00. The van der Waals surface area contributed by atoms with Gasteiger partial charge in [-0.15, -0.1) is 0 Å². The summed E-state index contributed by atoms with van der Waals surface area (Å²) in [7, 11) is -0.302. The Balaban J connectivity index is 2.43. The minimum Gasteiger partial charge on any atom is -0.469 e. The monoisotopic (exact) mass is 302 g/mol. The molecule has 0 saturated carbocycles. The summed E-state index contributed by atoms with van der Waals surface area (Å²) < 4.78 is 16.9. The smallest absolute Gasteiger partial charge is 0.308 e. The molecule has 1 aliphatic rings. The molecule has 0 aromatic carbocycles. The Kier molecular flexibility index (Phi) is 6.22. The highest BCUT2D eigenvalue weighted by Crippen LogP contribution is 2.37. The lowest BCUT2D eigenvalue weighted by Crippen LogP contribution is -2.44. The van der Waals surface area contributed by atoms with Crippen LogP contribution in [0, 0.1) is 0 Å². The van der Waals surface area contributed by atoms with Crippen LogP contribution in [0.3, 0.4) is 0 Å². The van der Waals surface area contributed by atoms with E-state index in [9.17, 15) is 4.79 Å². The summed E-state index contributed by atoms with van der Waals surface area (Å²) in [6.45, 7) is 11.9. The Morgan fingerprint density at radius 1 is 1.25 bits per heavy atom. The molecule has 0 radical (unpaired) electrons. The maximum absolute atomic E-state index is 11.3. The van der Waals surface area contributed by atoms with Crippen molar-refractivity contribution in [2.75, 3.05) is 13.7 Å². The molecule has 1 saturated heterocycles. The molecular weight excluding hydrogens is 272 g/mol. The summed E-state index contributed by atoms with van der Waals surface area (Å²) in [6.07, 6.45) is 3.51. The predicted octanol–water partition coefficient (Wildman–Crippen LogP) is 3.51. The van der Waals surface area contributed by atoms with Crippen molar-refractivity contribution in [3.05, 3.63) is 0 Å². The first kappa shape index (κ1) is 17.7. The minimum absolute atomic E-state index is 0.00999. The van der Waals surface area contributed by atoms with Gasteiger partial charge in [0, 0.05) is 0 Å². The minimum atomic E-state index is -1.72. The molecule has 1 heterocycles. The molecule has 0 spiro atoms. The second-order valence-corrected chi connectivity index (χ2v) is 12.0. The van der Waals surface area contributed by atoms with Crippen molar-refractivity contribution < 1.29 is 18.7 Å². The van der Waals surface area contributed by atoms with Gasteiger partial charge in [-0.05, 0) is 37.4 Å². The van der Waals surface area contributed by atoms with Crippen LogP contribution >= 0.6 is 0 Å². The van der Waals surface area contributed by atoms with Gasteiger partial charge in [0.05, 0.1) is 32.3 Å². The summed E-state index contributed by atoms with van der Waals surface area (Å²) in [4.78, 5) is 11.3. The summed E-state index contributed by atoms with van der Waals surface area (Å²) in [5.41, 5.74) is 0. The number of carbonyl (C=O) groups excluding carboxylic acids is 1. The zero-order valence-electron chi connectivity index (χ0n) is 13.8. The van der Waals surface area contributed by atoms with Crippen LogP contribution in [0.25, 0.3) is 0 Å². The Morgan fingerprint density at radius 3 is 2.40 bits per heavy atom. The standard InChI is InChI=1S/C15H30O4Si/c1-15(2,3)20(5,6)18-11-13-9-7-8-12(19-13)10-14(16)17-4/h12-13H,7-11H2,1-6H3/t12-,13-/m0/s1. The number of rotatable bonds is 5. The molecule has 2 atom stereocenters. The van der Waals surface area contributed by atoms with E-state index in [1.54, 1.807) is 0 Å². The van der Waals surface area contributed by atoms with Gasteiger partial charge < -0.3 is 13.9 Å². The van der Waals surface area contributed by atoms with E-state index in [1.807, 2.05) is 0 Å². The van der Waals surface area contributed by atoms with Crippen molar-refractivity contribution in [2.45, 2.75) is 76.8 Å². The van der Waals surface area contributed by atoms with E-state index < -0.39 is 8.32 Å². The van der Waals surface area contributed by atoms with Gasteiger partial charge in [-0.2, -0.15) is 0 Å². The van der Waals surface area contributed by atoms with Crippen molar-refractivity contribution >= 4 is 14.3 Å². The maximum Gasteiger partial charge on any atom is 0.308 e. The second-order valence-electron chi connectivity index (χ2n) is 7.16. The molecule has 5 heteroatoms. The Bertz CT molecular complexity index is 322. The number of hydrogen-bond acceptors (Lipinski definition) is 4. The summed E-state index contributed by atoms with van der Waals surface area (Å²) in [5, 5.41) is 0.215. The van der Waals surface area contributed by atoms with Crippen molar-refractivity contribution in [1.29, 1.82) is 0 Å². The SMILES string of the molecule is COC(=O)C[C@@H]1CCC[C@@H](CO[Si](C)(C)C(C)(C)C)O1. The maximum atomic E-state index is 11.3. The highest BCUT2D eigenvalue weighted by atomic mass is 28.4. The first-order chi connectivity index (χ1) is 9.15. The fraction of sp³-hybridized carbons (Fsp3) is 0.933. The molecule has 0 bridgehead atoms. The normalized spacial score (nSPS) is 24.5. The highest BCUT2D eigenvalue weighted by Gasteiger charge is 2.38. The van der Waals surface area contributed by atoms with Crippen LogP contribution in [0.15, 0.2) is 0 Å². The lowest BCUT2D eigenvalue weighted by atomic mass is 10.0. The first-order valence-corrected chi connectivity index (χ1v) is 10.4. The average Bonchev–Trinajstić information content (AvgIpc) is 2.35. The van der Waals surface area contributed by atoms with Crippen LogP contribution in [0.1, 0.15) is 46.5 Å². The van der Waals surface area contributed by atoms with Crippen molar-refractivity contribution in [2.24, 2.45) is 0 Å². The van der Waals surface area contributed by atoms with Gasteiger partial charge in [-0.25, -0.2) is 0 Å². The van der Waals surface area contributed by atoms with Crippen LogP contribution in [-0.4, -0.2) is 40.2 Å². The Morgan fingerprint density at radius 2 is 1.85 bits per heavy atom. The third-order valence-electron chi connectivity index (χ3n) is 4.50. The van der Waals surface area contributed by atoms with E-state index in [0.717, 1.165) is 19.3 Å². The predicted molar refractivity (Wildman–Crippen MR) is 82.3 cm³/mol. The van der Waals surface area contributed by atoms with Gasteiger partial charge in [0.2, 0.25) is 0 Å². The van der Waals surface area contributed by atoms with Crippen LogP contribution < -0.4 is 0 Å². The molecule has 1 fully saturated rings. The molecule has 0 amide bonds. The van der Waals surface area contributed by atoms with E-state index in [0.29, 0.717) is 13.0 Å². The van der Waals surface area contributed by atoms with Crippen molar-refractivity contribution in [1.82, 2.24) is 0 Å². The molecule has 1 rings (SSSR count). The molecular formula is C15H30O4Si. The topological polar surface area (TPSA) is 44.8 Å². The van der Waals surface area contributed by atoms with Gasteiger partial charge in [0.25, 0.3) is 0 Å². The number of ether oxygens (including phenoxy) is 2. The molecule has 1 aliphatic heterocycles. The summed E-state index contributed by atoms with van der Waals surface area (Å²) in [6, 6.07) is 0. The van der Waals surface area contributed by atoms with Gasteiger partial charge in [0.15, 0.2) is 8.32 Å². The van der Waals surface area contributed by atoms with E-state index in [4.69, 9.17) is 13.9 Å². The fourth-order valence-corrected chi connectivity index (χ4v) is 3.08. The van der Waals surface area contributed by atoms with E-state index >= 15 is 0 Å². The van der Waals surface area contributed by atoms with Crippen molar-refractivity contribution in [3.8, 4) is 0 Å². The molecule has 4 nitrogen and oxygen atoms in total. The number of hydrogen-bond donors (Lipinski definition) is 0. The Hall–Kier alpha value is -0.393. The molecule has 0 N–H and O–H groups in total. The number of esters is 1. The largest absolute Gasteiger partial charge is 0.469 e. The lowest BCUT2D eigenvalue weighted by molar-refractivity contribution is -0.147. The van der Waals surface area contributed by atoms with Crippen LogP contribution in [0.5, 0.6) is 0 Å². The quantitative estimate of drug-likeness (QED) is 0.576. The summed E-state index contributed by atoms with van der Waals surface area (Å²) in [5.74, 6) is -0.194. The molecule has 0 aromatic heterocycles. The fourth-order valence-electron chi connectivity index (χ4n) is 2.04. The third kappa shape index (κ3) is 5.18. The zero-order valence-corrected chi connectivity index (χ0v) is 14.8. The molecule has 0 aliphatic carbocycles. The highest BCUT2D eigenvalue weighted by molar-refractivity contribution is 6.74.